The largest absolute Gasteiger partial charge is 0.491 e. The third-order valence-corrected chi connectivity index (χ3v) is 1.47. The van der Waals surface area contributed by atoms with E-state index >= 15 is 0 Å². The summed E-state index contributed by atoms with van der Waals surface area (Å²) in [5, 5.41) is 0. The fourth-order valence-electron chi connectivity index (χ4n) is 0.949. The highest BCUT2D eigenvalue weighted by atomic mass is 19.1. The lowest BCUT2D eigenvalue weighted by molar-refractivity contribution is 0.111. The van der Waals surface area contributed by atoms with Crippen LogP contribution in [0.3, 0.4) is 0 Å². The van der Waals surface area contributed by atoms with Crippen LogP contribution in [0.4, 0.5) is 4.39 Å². The minimum Gasteiger partial charge on any atom is -0.491 e. The zero-order valence-electron chi connectivity index (χ0n) is 7.58. The summed E-state index contributed by atoms with van der Waals surface area (Å²) in [4.78, 5) is 10.3. The Morgan fingerprint density at radius 3 is 2.62 bits per heavy atom. The maximum Gasteiger partial charge on any atom is 0.152 e. The van der Waals surface area contributed by atoms with Gasteiger partial charge >= 0.3 is 0 Å². The first-order chi connectivity index (χ1) is 6.13. The predicted molar refractivity (Wildman–Crippen MR) is 47.6 cm³/mol. The van der Waals surface area contributed by atoms with Gasteiger partial charge in [0.15, 0.2) is 6.29 Å². The van der Waals surface area contributed by atoms with Crippen LogP contribution in [0.1, 0.15) is 24.2 Å². The molecule has 0 fully saturated rings. The topological polar surface area (TPSA) is 26.3 Å². The van der Waals surface area contributed by atoms with Crippen LogP contribution in [-0.2, 0) is 0 Å². The summed E-state index contributed by atoms with van der Waals surface area (Å²) in [5.74, 6) is -0.105. The van der Waals surface area contributed by atoms with E-state index < -0.39 is 5.82 Å². The Kier molecular flexibility index (Phi) is 3.01. The molecular weight excluding hydrogens is 171 g/mol. The number of aldehydes is 1. The summed E-state index contributed by atoms with van der Waals surface area (Å²) >= 11 is 0. The lowest BCUT2D eigenvalue weighted by Gasteiger charge is -2.09. The van der Waals surface area contributed by atoms with Crippen molar-refractivity contribution < 1.29 is 13.9 Å². The van der Waals surface area contributed by atoms with Crippen molar-refractivity contribution in [1.29, 1.82) is 0 Å². The van der Waals surface area contributed by atoms with E-state index in [1.165, 1.54) is 12.1 Å². The molecule has 0 N–H and O–H groups in total. The molecule has 0 saturated carbocycles. The van der Waals surface area contributed by atoms with Crippen LogP contribution in [0.25, 0.3) is 0 Å². The van der Waals surface area contributed by atoms with E-state index in [9.17, 15) is 9.18 Å². The molecule has 0 amide bonds. The van der Waals surface area contributed by atoms with Crippen LogP contribution in [-0.4, -0.2) is 12.4 Å². The summed E-state index contributed by atoms with van der Waals surface area (Å²) in [6, 6.07) is 4.19. The number of carbonyl (C=O) groups excluding carboxylic acids is 1. The highest BCUT2D eigenvalue weighted by Crippen LogP contribution is 2.16. The lowest BCUT2D eigenvalue weighted by atomic mass is 10.2. The zero-order valence-corrected chi connectivity index (χ0v) is 7.58. The molecule has 1 aromatic rings. The van der Waals surface area contributed by atoms with Gasteiger partial charge in [0.1, 0.15) is 11.6 Å². The Labute approximate surface area is 76.3 Å². The fourth-order valence-corrected chi connectivity index (χ4v) is 0.949. The van der Waals surface area contributed by atoms with Crippen LogP contribution in [0.15, 0.2) is 18.2 Å². The fraction of sp³-hybridized carbons (Fsp3) is 0.300. The Bertz CT molecular complexity index is 308. The normalized spacial score (nSPS) is 10.2. The summed E-state index contributed by atoms with van der Waals surface area (Å²) in [6.45, 7) is 3.71. The summed E-state index contributed by atoms with van der Waals surface area (Å²) in [5.41, 5.74) is 0.0520. The molecule has 0 aromatic heterocycles. The number of rotatable bonds is 3. The molecule has 0 radical (unpaired) electrons. The van der Waals surface area contributed by atoms with Gasteiger partial charge in [-0.05, 0) is 26.0 Å². The molecule has 0 aliphatic heterocycles. The van der Waals surface area contributed by atoms with E-state index in [1.807, 2.05) is 13.8 Å². The second-order valence-electron chi connectivity index (χ2n) is 2.97. The Balaban J connectivity index is 2.89. The lowest BCUT2D eigenvalue weighted by Crippen LogP contribution is -2.05. The molecule has 3 heteroatoms. The van der Waals surface area contributed by atoms with Crippen molar-refractivity contribution in [1.82, 2.24) is 0 Å². The molecule has 1 aromatic carbocycles. The average molecular weight is 182 g/mol. The number of ether oxygens (including phenoxy) is 1. The van der Waals surface area contributed by atoms with Gasteiger partial charge in [0, 0.05) is 6.07 Å². The van der Waals surface area contributed by atoms with Crippen molar-refractivity contribution >= 4 is 6.29 Å². The second-order valence-corrected chi connectivity index (χ2v) is 2.97. The van der Waals surface area contributed by atoms with Gasteiger partial charge in [-0.3, -0.25) is 4.79 Å². The average Bonchev–Trinajstić information content (AvgIpc) is 2.03. The van der Waals surface area contributed by atoms with Gasteiger partial charge in [0.05, 0.1) is 11.7 Å². The maximum atomic E-state index is 13.0. The van der Waals surface area contributed by atoms with Crippen LogP contribution in [0, 0.1) is 5.82 Å². The zero-order chi connectivity index (χ0) is 9.84. The predicted octanol–water partition coefficient (Wildman–Crippen LogP) is 2.43. The van der Waals surface area contributed by atoms with E-state index in [4.69, 9.17) is 4.74 Å². The number of hydrogen-bond donors (Lipinski definition) is 0. The molecule has 0 saturated heterocycles. The Morgan fingerprint density at radius 1 is 1.46 bits per heavy atom. The van der Waals surface area contributed by atoms with E-state index in [-0.39, 0.29) is 11.7 Å². The van der Waals surface area contributed by atoms with Gasteiger partial charge in [-0.25, -0.2) is 4.39 Å². The van der Waals surface area contributed by atoms with E-state index in [2.05, 4.69) is 0 Å². The summed E-state index contributed by atoms with van der Waals surface area (Å²) in [7, 11) is 0. The Hall–Kier alpha value is -1.38. The molecule has 1 rings (SSSR count). The second kappa shape index (κ2) is 4.03. The molecule has 0 heterocycles. The van der Waals surface area contributed by atoms with E-state index in [0.717, 1.165) is 0 Å². The van der Waals surface area contributed by atoms with Gasteiger partial charge in [0.25, 0.3) is 0 Å². The molecule has 0 aliphatic rings. The molecule has 0 unspecified atom stereocenters. The Morgan fingerprint density at radius 2 is 2.15 bits per heavy atom. The minimum absolute atomic E-state index is 0.00137. The molecule has 2 nitrogen and oxygen atoms in total. The number of halogens is 1. The summed E-state index contributed by atoms with van der Waals surface area (Å²) < 4.78 is 18.2. The van der Waals surface area contributed by atoms with Crippen molar-refractivity contribution in [3.05, 3.63) is 29.6 Å². The molecule has 13 heavy (non-hydrogen) atoms. The van der Waals surface area contributed by atoms with Gasteiger partial charge < -0.3 is 4.74 Å². The van der Waals surface area contributed by atoms with Gasteiger partial charge in [-0.1, -0.05) is 0 Å². The van der Waals surface area contributed by atoms with Crippen LogP contribution < -0.4 is 4.74 Å². The van der Waals surface area contributed by atoms with E-state index in [1.54, 1.807) is 6.07 Å². The number of hydrogen-bond acceptors (Lipinski definition) is 2. The quantitative estimate of drug-likeness (QED) is 0.671. The molecule has 0 atom stereocenters. The number of benzene rings is 1. The third-order valence-electron chi connectivity index (χ3n) is 1.47. The third kappa shape index (κ3) is 2.54. The monoisotopic (exact) mass is 182 g/mol. The van der Waals surface area contributed by atoms with Gasteiger partial charge in [-0.2, -0.15) is 0 Å². The van der Waals surface area contributed by atoms with Crippen LogP contribution in [0.5, 0.6) is 5.75 Å². The van der Waals surface area contributed by atoms with Crippen LogP contribution >= 0.6 is 0 Å². The van der Waals surface area contributed by atoms with Crippen molar-refractivity contribution in [3.8, 4) is 5.75 Å². The van der Waals surface area contributed by atoms with Crippen LogP contribution in [0.2, 0.25) is 0 Å². The molecular formula is C10H11FO2. The molecule has 70 valence electrons. The summed E-state index contributed by atoms with van der Waals surface area (Å²) in [6.07, 6.45) is 0.482. The first-order valence-electron chi connectivity index (χ1n) is 4.05. The van der Waals surface area contributed by atoms with Crippen molar-refractivity contribution in [2.75, 3.05) is 0 Å². The number of carbonyl (C=O) groups is 1. The maximum absolute atomic E-state index is 13.0. The standard InChI is InChI=1S/C10H11FO2/c1-7(2)13-9-4-3-8(6-12)10(11)5-9/h3-7H,1-2H3. The first-order valence-corrected chi connectivity index (χ1v) is 4.05. The van der Waals surface area contributed by atoms with E-state index in [0.29, 0.717) is 12.0 Å². The molecule has 0 aliphatic carbocycles. The first kappa shape index (κ1) is 9.71. The highest BCUT2D eigenvalue weighted by molar-refractivity contribution is 5.75. The van der Waals surface area contributed by atoms with Gasteiger partial charge in [-0.15, -0.1) is 0 Å². The SMILES string of the molecule is CC(C)Oc1ccc(C=O)c(F)c1. The smallest absolute Gasteiger partial charge is 0.152 e. The van der Waals surface area contributed by atoms with Crippen molar-refractivity contribution in [2.24, 2.45) is 0 Å². The van der Waals surface area contributed by atoms with Crippen molar-refractivity contribution in [3.63, 3.8) is 0 Å². The van der Waals surface area contributed by atoms with Crippen molar-refractivity contribution in [2.45, 2.75) is 20.0 Å². The highest BCUT2D eigenvalue weighted by Gasteiger charge is 2.03. The molecule has 0 spiro atoms. The van der Waals surface area contributed by atoms with Gasteiger partial charge in [0.2, 0.25) is 0 Å². The molecule has 0 bridgehead atoms. The minimum atomic E-state index is -0.548.